The van der Waals surface area contributed by atoms with Crippen LogP contribution in [0.3, 0.4) is 0 Å². The molecule has 0 radical (unpaired) electrons. The van der Waals surface area contributed by atoms with E-state index >= 15 is 0 Å². The lowest BCUT2D eigenvalue weighted by molar-refractivity contribution is -0.150. The van der Waals surface area contributed by atoms with Gasteiger partial charge in [-0.15, -0.1) is 0 Å². The molecule has 4 N–H and O–H groups in total. The summed E-state index contributed by atoms with van der Waals surface area (Å²) in [4.78, 5) is 47.7. The molecule has 0 rings (SSSR count). The fourth-order valence-electron chi connectivity index (χ4n) is 7.39. The topological polar surface area (TPSA) is 142 Å². The number of carboxylic acids is 1. The summed E-state index contributed by atoms with van der Waals surface area (Å²) in [5.74, 6) is -2.29. The molecule has 0 aliphatic rings. The van der Waals surface area contributed by atoms with Crippen LogP contribution in [0.1, 0.15) is 245 Å². The average molecular weight is 833 g/mol. The maximum absolute atomic E-state index is 12.9. The minimum Gasteiger partial charge on any atom is -0.480 e. The Morgan fingerprint density at radius 1 is 0.508 bits per heavy atom. The summed E-state index contributed by atoms with van der Waals surface area (Å²) in [6.07, 6.45) is 50.6. The minimum absolute atomic E-state index is 0.0327. The molecule has 0 saturated carbocycles. The normalized spacial score (nSPS) is 12.6. The number of amides is 2. The van der Waals surface area contributed by atoms with Crippen molar-refractivity contribution in [2.45, 2.75) is 257 Å². The number of hydrogen-bond acceptors (Lipinski definition) is 6. The van der Waals surface area contributed by atoms with Crippen LogP contribution in [0.25, 0.3) is 0 Å². The van der Waals surface area contributed by atoms with Gasteiger partial charge in [-0.05, 0) is 70.6 Å². The van der Waals surface area contributed by atoms with Gasteiger partial charge in [0, 0.05) is 12.8 Å². The van der Waals surface area contributed by atoms with Gasteiger partial charge in [-0.25, -0.2) is 4.79 Å². The minimum atomic E-state index is -1.38. The Hall–Kier alpha value is -2.68. The second-order valence-electron chi connectivity index (χ2n) is 16.9. The lowest BCUT2D eigenvalue weighted by Crippen LogP contribution is -2.47. The third-order valence-corrected chi connectivity index (χ3v) is 11.2. The molecule has 0 aromatic carbocycles. The number of aliphatic hydroxyl groups is 1. The zero-order valence-electron chi connectivity index (χ0n) is 38.3. The highest BCUT2D eigenvalue weighted by molar-refractivity contribution is 5.87. The van der Waals surface area contributed by atoms with Crippen LogP contribution in [0.5, 0.6) is 0 Å². The number of aliphatic carboxylic acids is 1. The predicted molar refractivity (Wildman–Crippen MR) is 245 cm³/mol. The van der Waals surface area contributed by atoms with E-state index in [1.165, 1.54) is 128 Å². The molecule has 344 valence electrons. The number of unbranched alkanes of at least 4 members (excludes halogenated alkanes) is 27. The molecule has 2 amide bonds. The molecule has 0 fully saturated rings. The number of rotatable bonds is 45. The molecular formula is C50H92N2O7. The Kier molecular flexibility index (Phi) is 42.8. The highest BCUT2D eigenvalue weighted by atomic mass is 16.5. The van der Waals surface area contributed by atoms with Crippen molar-refractivity contribution in [2.24, 2.45) is 0 Å². The first-order chi connectivity index (χ1) is 28.8. The lowest BCUT2D eigenvalue weighted by Gasteiger charge is -2.18. The van der Waals surface area contributed by atoms with E-state index in [0.717, 1.165) is 83.5 Å². The van der Waals surface area contributed by atoms with Gasteiger partial charge >= 0.3 is 11.9 Å². The summed E-state index contributed by atoms with van der Waals surface area (Å²) >= 11 is 0. The first-order valence-electron chi connectivity index (χ1n) is 24.7. The first kappa shape index (κ1) is 56.3. The SMILES string of the molecule is CCCCCCC/C=C\C/C=C\CCCCCC(CCCCCCCC(=O)NCC(=O)NC(CO)C(=O)O)OC(=O)CCCCCCCCCCCCCCCCCC. The standard InChI is InChI=1S/C50H92N2O7/c1-3-5-7-9-11-13-15-17-19-21-23-25-27-29-34-38-42-49(56)59-45(39-35-31-28-26-24-22-20-18-16-14-12-10-8-6-4-2)40-36-32-30-33-37-41-47(54)51-43-48(55)52-46(44-53)50(57)58/h16,18,22,24,45-46,53H,3-15,17,19-21,23,25-44H2,1-2H3,(H,51,54)(H,52,55)(H,57,58)/b18-16-,24-22-. The van der Waals surface area contributed by atoms with E-state index in [9.17, 15) is 19.2 Å². The van der Waals surface area contributed by atoms with E-state index in [-0.39, 0.29) is 24.5 Å². The third kappa shape index (κ3) is 41.8. The van der Waals surface area contributed by atoms with Gasteiger partial charge in [-0.3, -0.25) is 14.4 Å². The van der Waals surface area contributed by atoms with Crippen LogP contribution in [-0.2, 0) is 23.9 Å². The number of nitrogens with one attached hydrogen (secondary N) is 2. The Labute approximate surface area is 362 Å². The lowest BCUT2D eigenvalue weighted by atomic mass is 10.0. The van der Waals surface area contributed by atoms with Crippen molar-refractivity contribution < 1.29 is 34.1 Å². The summed E-state index contributed by atoms with van der Waals surface area (Å²) in [5, 5.41) is 22.6. The molecule has 0 saturated heterocycles. The third-order valence-electron chi connectivity index (χ3n) is 11.2. The molecule has 0 aliphatic heterocycles. The largest absolute Gasteiger partial charge is 0.480 e. The summed E-state index contributed by atoms with van der Waals surface area (Å²) in [7, 11) is 0. The Morgan fingerprint density at radius 3 is 1.37 bits per heavy atom. The van der Waals surface area contributed by atoms with Crippen LogP contribution < -0.4 is 10.6 Å². The van der Waals surface area contributed by atoms with E-state index in [1.54, 1.807) is 0 Å². The molecule has 2 atom stereocenters. The molecule has 2 unspecified atom stereocenters. The van der Waals surface area contributed by atoms with Crippen LogP contribution in [0.2, 0.25) is 0 Å². The van der Waals surface area contributed by atoms with E-state index in [2.05, 4.69) is 48.8 Å². The number of carbonyl (C=O) groups is 4. The van der Waals surface area contributed by atoms with Crippen LogP contribution in [-0.4, -0.2) is 59.3 Å². The number of hydrogen-bond donors (Lipinski definition) is 4. The van der Waals surface area contributed by atoms with Gasteiger partial charge < -0.3 is 25.6 Å². The van der Waals surface area contributed by atoms with Gasteiger partial charge in [0.15, 0.2) is 0 Å². The zero-order valence-corrected chi connectivity index (χ0v) is 38.3. The fraction of sp³-hybridized carbons (Fsp3) is 0.840. The molecule has 0 aliphatic carbocycles. The van der Waals surface area contributed by atoms with Gasteiger partial charge in [0.2, 0.25) is 11.8 Å². The molecule has 59 heavy (non-hydrogen) atoms. The van der Waals surface area contributed by atoms with Gasteiger partial charge in [-0.1, -0.05) is 186 Å². The zero-order chi connectivity index (χ0) is 43.3. The summed E-state index contributed by atoms with van der Waals surface area (Å²) in [5.41, 5.74) is 0. The highest BCUT2D eigenvalue weighted by Crippen LogP contribution is 2.19. The van der Waals surface area contributed by atoms with Crippen LogP contribution in [0.4, 0.5) is 0 Å². The number of carboxylic acid groups (broad SMARTS) is 1. The number of esters is 1. The van der Waals surface area contributed by atoms with E-state index in [0.29, 0.717) is 19.3 Å². The number of ether oxygens (including phenoxy) is 1. The van der Waals surface area contributed by atoms with E-state index in [1.807, 2.05) is 0 Å². The molecule has 0 aromatic rings. The second-order valence-corrected chi connectivity index (χ2v) is 16.9. The van der Waals surface area contributed by atoms with Gasteiger partial charge in [0.1, 0.15) is 12.1 Å². The van der Waals surface area contributed by atoms with Crippen molar-refractivity contribution in [3.63, 3.8) is 0 Å². The fourth-order valence-corrected chi connectivity index (χ4v) is 7.39. The summed E-state index contributed by atoms with van der Waals surface area (Å²) < 4.78 is 6.05. The number of carbonyl (C=O) groups excluding carboxylic acids is 3. The van der Waals surface area contributed by atoms with E-state index in [4.69, 9.17) is 14.9 Å². The Bertz CT molecular complexity index is 1050. The maximum Gasteiger partial charge on any atom is 0.328 e. The summed E-state index contributed by atoms with van der Waals surface area (Å²) in [6, 6.07) is -1.38. The second kappa shape index (κ2) is 44.9. The Morgan fingerprint density at radius 2 is 0.915 bits per heavy atom. The Balaban J connectivity index is 4.34. The molecule has 0 aromatic heterocycles. The van der Waals surface area contributed by atoms with Crippen molar-refractivity contribution >= 4 is 23.8 Å². The van der Waals surface area contributed by atoms with Crippen molar-refractivity contribution in [1.29, 1.82) is 0 Å². The smallest absolute Gasteiger partial charge is 0.328 e. The van der Waals surface area contributed by atoms with E-state index < -0.39 is 24.5 Å². The monoisotopic (exact) mass is 833 g/mol. The quantitative estimate of drug-likeness (QED) is 0.0272. The predicted octanol–water partition coefficient (Wildman–Crippen LogP) is 12.8. The van der Waals surface area contributed by atoms with Crippen molar-refractivity contribution in [3.8, 4) is 0 Å². The first-order valence-corrected chi connectivity index (χ1v) is 24.7. The van der Waals surface area contributed by atoms with Gasteiger partial charge in [-0.2, -0.15) is 0 Å². The number of aliphatic hydroxyl groups excluding tert-OH is 1. The van der Waals surface area contributed by atoms with Crippen LogP contribution in [0, 0.1) is 0 Å². The van der Waals surface area contributed by atoms with Crippen molar-refractivity contribution in [2.75, 3.05) is 13.2 Å². The van der Waals surface area contributed by atoms with Crippen molar-refractivity contribution in [1.82, 2.24) is 10.6 Å². The van der Waals surface area contributed by atoms with Crippen molar-refractivity contribution in [3.05, 3.63) is 24.3 Å². The molecule has 9 heteroatoms. The molecule has 0 heterocycles. The van der Waals surface area contributed by atoms with Crippen LogP contribution >= 0.6 is 0 Å². The summed E-state index contributed by atoms with van der Waals surface area (Å²) in [6.45, 7) is 3.49. The molecule has 0 bridgehead atoms. The highest BCUT2D eigenvalue weighted by Gasteiger charge is 2.19. The molecular weight excluding hydrogens is 741 g/mol. The number of allylic oxidation sites excluding steroid dienone is 4. The average Bonchev–Trinajstić information content (AvgIpc) is 3.22. The van der Waals surface area contributed by atoms with Crippen LogP contribution in [0.15, 0.2) is 24.3 Å². The van der Waals surface area contributed by atoms with Gasteiger partial charge in [0.25, 0.3) is 0 Å². The maximum atomic E-state index is 12.9. The van der Waals surface area contributed by atoms with Gasteiger partial charge in [0.05, 0.1) is 13.2 Å². The molecule has 9 nitrogen and oxygen atoms in total. The molecule has 0 spiro atoms.